The Morgan fingerprint density at radius 1 is 0.267 bits per heavy atom. The Kier molecular flexibility index (Phi) is 22.0. The van der Waals surface area contributed by atoms with Crippen molar-refractivity contribution in [1.29, 1.82) is 0 Å². The highest BCUT2D eigenvalue weighted by Crippen LogP contribution is 2.25. The van der Waals surface area contributed by atoms with E-state index in [1.54, 1.807) is 6.92 Å². The number of carbonyl (C=O) groups excluding carboxylic acids is 1. The molecule has 6 aromatic carbocycles. The molecule has 0 heterocycles. The second-order valence-electron chi connectivity index (χ2n) is 17.3. The summed E-state index contributed by atoms with van der Waals surface area (Å²) < 4.78 is 0. The maximum absolute atomic E-state index is 11.0. The number of hydrogen-bond acceptors (Lipinski definition) is 1. The van der Waals surface area contributed by atoms with Crippen LogP contribution in [-0.2, 0) is 0 Å². The molecule has 0 aliphatic heterocycles. The molecule has 0 saturated heterocycles. The molecule has 0 aromatic heterocycles. The molecule has 0 bridgehead atoms. The van der Waals surface area contributed by atoms with Gasteiger partial charge >= 0.3 is 0 Å². The third-order valence-electron chi connectivity index (χ3n) is 12.5. The monoisotopic (exact) mass is 805 g/mol. The fourth-order valence-corrected chi connectivity index (χ4v) is 6.59. The fraction of sp³-hybridized carbons (Fsp3) is 0.373. The molecule has 0 amide bonds. The van der Waals surface area contributed by atoms with E-state index in [0.717, 1.165) is 16.7 Å². The van der Waals surface area contributed by atoms with Crippen molar-refractivity contribution >= 4 is 5.78 Å². The van der Waals surface area contributed by atoms with Gasteiger partial charge in [0, 0.05) is 5.56 Å². The highest BCUT2D eigenvalue weighted by Gasteiger charge is 2.08. The van der Waals surface area contributed by atoms with Gasteiger partial charge in [-0.15, -0.1) is 0 Å². The van der Waals surface area contributed by atoms with Crippen molar-refractivity contribution in [2.24, 2.45) is 0 Å². The second kappa shape index (κ2) is 24.9. The van der Waals surface area contributed by atoms with Gasteiger partial charge in [-0.25, -0.2) is 0 Å². The molecular formula is C59H80O. The van der Waals surface area contributed by atoms with Crippen LogP contribution >= 0.6 is 0 Å². The maximum atomic E-state index is 11.0. The van der Waals surface area contributed by atoms with Crippen LogP contribution in [-0.4, -0.2) is 5.78 Å². The lowest BCUT2D eigenvalue weighted by Gasteiger charge is -2.15. The average molecular weight is 805 g/mol. The Morgan fingerprint density at radius 2 is 0.533 bits per heavy atom. The molecule has 322 valence electrons. The predicted octanol–water partition coefficient (Wildman–Crippen LogP) is 16.8. The van der Waals surface area contributed by atoms with Crippen LogP contribution in [0.4, 0.5) is 0 Å². The number of benzene rings is 6. The molecule has 60 heavy (non-hydrogen) atoms. The molecule has 0 saturated carbocycles. The summed E-state index contributed by atoms with van der Waals surface area (Å²) in [6.45, 7) is 46.7. The quantitative estimate of drug-likeness (QED) is 0.151. The molecule has 0 atom stereocenters. The minimum Gasteiger partial charge on any atom is -0.295 e. The predicted molar refractivity (Wildman–Crippen MR) is 268 cm³/mol. The van der Waals surface area contributed by atoms with E-state index in [1.807, 2.05) is 32.0 Å². The summed E-state index contributed by atoms with van der Waals surface area (Å²) in [7, 11) is 0. The zero-order valence-corrected chi connectivity index (χ0v) is 42.0. The molecule has 0 aliphatic carbocycles. The first kappa shape index (κ1) is 53.0. The van der Waals surface area contributed by atoms with E-state index in [2.05, 4.69) is 198 Å². The number of rotatable bonds is 1. The van der Waals surface area contributed by atoms with Crippen LogP contribution in [0.1, 0.15) is 134 Å². The van der Waals surface area contributed by atoms with Gasteiger partial charge in [0.05, 0.1) is 0 Å². The van der Waals surface area contributed by atoms with E-state index in [4.69, 9.17) is 0 Å². The molecular weight excluding hydrogens is 725 g/mol. The van der Waals surface area contributed by atoms with Crippen molar-refractivity contribution in [3.05, 3.63) is 207 Å². The molecule has 0 fully saturated rings. The lowest BCUT2D eigenvalue weighted by atomic mass is 9.90. The largest absolute Gasteiger partial charge is 0.295 e. The van der Waals surface area contributed by atoms with Gasteiger partial charge in [0.2, 0.25) is 0 Å². The fourth-order valence-electron chi connectivity index (χ4n) is 6.59. The maximum Gasteiger partial charge on any atom is 0.160 e. The molecule has 0 N–H and O–H groups in total. The number of ketones is 1. The first-order chi connectivity index (χ1) is 27.8. The van der Waals surface area contributed by atoms with Gasteiger partial charge in [-0.2, -0.15) is 0 Å². The van der Waals surface area contributed by atoms with Gasteiger partial charge in [0.25, 0.3) is 0 Å². The van der Waals surface area contributed by atoms with E-state index >= 15 is 0 Å². The minimum atomic E-state index is 0.145. The van der Waals surface area contributed by atoms with Crippen LogP contribution < -0.4 is 0 Å². The zero-order chi connectivity index (χ0) is 46.2. The average Bonchev–Trinajstić information content (AvgIpc) is 3.19. The molecule has 0 radical (unpaired) electrons. The third-order valence-corrected chi connectivity index (χ3v) is 12.5. The van der Waals surface area contributed by atoms with Crippen LogP contribution in [0.2, 0.25) is 0 Å². The second-order valence-corrected chi connectivity index (χ2v) is 17.3. The minimum absolute atomic E-state index is 0.145. The normalized spacial score (nSPS) is 9.90. The summed E-state index contributed by atoms with van der Waals surface area (Å²) in [4.78, 5) is 11.0. The van der Waals surface area contributed by atoms with Crippen LogP contribution in [0.15, 0.2) is 84.9 Å². The van der Waals surface area contributed by atoms with Gasteiger partial charge in [-0.3, -0.25) is 4.79 Å². The summed E-state index contributed by atoms with van der Waals surface area (Å²) in [5, 5.41) is 0. The van der Waals surface area contributed by atoms with Crippen molar-refractivity contribution in [1.82, 2.24) is 0 Å². The smallest absolute Gasteiger partial charge is 0.160 e. The van der Waals surface area contributed by atoms with Crippen molar-refractivity contribution in [2.45, 2.75) is 152 Å². The first-order valence-corrected chi connectivity index (χ1v) is 21.6. The Morgan fingerprint density at radius 3 is 0.767 bits per heavy atom. The summed E-state index contributed by atoms with van der Waals surface area (Å²) in [5.74, 6) is 0.145. The molecule has 6 aromatic rings. The Hall–Kier alpha value is -5.01. The van der Waals surface area contributed by atoms with Crippen molar-refractivity contribution in [3.8, 4) is 0 Å². The Balaban J connectivity index is 0.000000361. The SMILES string of the molecule is CC(=O)c1cc(C)ccc1C.Cc1c(C)c(C)c(C)c(C)c1C.Cc1cc(C)c(C)cc1C.Cc1ccc(C)c(C)c1.Cc1ccc(C)c(C)c1.Cc1cccc(C)c1C. The van der Waals surface area contributed by atoms with Crippen molar-refractivity contribution in [3.63, 3.8) is 0 Å². The van der Waals surface area contributed by atoms with E-state index < -0.39 is 0 Å². The van der Waals surface area contributed by atoms with E-state index in [9.17, 15) is 4.79 Å². The molecule has 0 spiro atoms. The van der Waals surface area contributed by atoms with Crippen molar-refractivity contribution in [2.75, 3.05) is 0 Å². The molecule has 6 rings (SSSR count). The van der Waals surface area contributed by atoms with E-state index in [1.165, 1.54) is 106 Å². The number of carbonyl (C=O) groups is 1. The van der Waals surface area contributed by atoms with Gasteiger partial charge in [0.15, 0.2) is 5.78 Å². The van der Waals surface area contributed by atoms with Crippen LogP contribution in [0.25, 0.3) is 0 Å². The van der Waals surface area contributed by atoms with Crippen LogP contribution in [0.5, 0.6) is 0 Å². The number of hydrogen-bond donors (Lipinski definition) is 0. The molecule has 1 heteroatoms. The highest BCUT2D eigenvalue weighted by molar-refractivity contribution is 5.95. The zero-order valence-electron chi connectivity index (χ0n) is 42.0. The standard InChI is InChI=1S/C12H18.C10H12O.C10H14.3C9H12/c1-7-8(2)10(4)12(6)11(5)9(7)3;1-7-4-5-8(2)10(6-7)9(3)11;1-7-5-9(3)10(4)6-8(7)2;2*1-7-4-5-8(2)9(3)6-7;1-7-5-4-6-8(2)9(7)3/h1-6H3;4-6H,1-3H3;5-6H,1-4H3;3*4-6H,1-3H3. The summed E-state index contributed by atoms with van der Waals surface area (Å²) in [6, 6.07) is 29.8. The Labute approximate surface area is 368 Å². The number of aryl methyl sites for hydroxylation is 14. The number of Topliss-reactive ketones (excluding diaryl/α,β-unsaturated/α-hetero) is 1. The van der Waals surface area contributed by atoms with Gasteiger partial charge in [-0.1, -0.05) is 95.6 Å². The van der Waals surface area contributed by atoms with Gasteiger partial charge < -0.3 is 0 Å². The first-order valence-electron chi connectivity index (χ1n) is 21.6. The van der Waals surface area contributed by atoms with E-state index in [0.29, 0.717) is 0 Å². The highest BCUT2D eigenvalue weighted by atomic mass is 16.1. The van der Waals surface area contributed by atoms with Crippen LogP contribution in [0.3, 0.4) is 0 Å². The third kappa shape index (κ3) is 16.9. The summed E-state index contributed by atoms with van der Waals surface area (Å²) in [6.07, 6.45) is 0. The lowest BCUT2D eigenvalue weighted by Crippen LogP contribution is -1.98. The Bertz CT molecular complexity index is 2120. The lowest BCUT2D eigenvalue weighted by molar-refractivity contribution is 0.101. The molecule has 0 unspecified atom stereocenters. The van der Waals surface area contributed by atoms with Crippen LogP contribution in [0, 0.1) is 145 Å². The van der Waals surface area contributed by atoms with Gasteiger partial charge in [0.1, 0.15) is 0 Å². The summed E-state index contributed by atoms with van der Waals surface area (Å²) in [5.41, 5.74) is 29.7. The topological polar surface area (TPSA) is 17.1 Å². The van der Waals surface area contributed by atoms with Gasteiger partial charge in [-0.05, 0) is 259 Å². The summed E-state index contributed by atoms with van der Waals surface area (Å²) >= 11 is 0. The molecule has 0 aliphatic rings. The molecule has 1 nitrogen and oxygen atoms in total. The van der Waals surface area contributed by atoms with Crippen molar-refractivity contribution < 1.29 is 4.79 Å². The van der Waals surface area contributed by atoms with E-state index in [-0.39, 0.29) is 5.78 Å².